The van der Waals surface area contributed by atoms with E-state index in [0.29, 0.717) is 62.5 Å². The predicted molar refractivity (Wildman–Crippen MR) is 154 cm³/mol. The van der Waals surface area contributed by atoms with Crippen LogP contribution in [0.1, 0.15) is 25.3 Å². The summed E-state index contributed by atoms with van der Waals surface area (Å²) in [5.41, 5.74) is 3.65. The number of amides is 2. The van der Waals surface area contributed by atoms with Crippen molar-refractivity contribution in [2.45, 2.75) is 19.8 Å². The van der Waals surface area contributed by atoms with Gasteiger partial charge in [-0.15, -0.1) is 0 Å². The molecule has 0 bridgehead atoms. The summed E-state index contributed by atoms with van der Waals surface area (Å²) in [6.45, 7) is 3.62. The molecule has 208 valence electrons. The molecule has 0 atom stereocenters. The number of ether oxygens (including phenoxy) is 4. The van der Waals surface area contributed by atoms with Crippen molar-refractivity contribution in [3.8, 4) is 23.0 Å². The SMILES string of the molecule is COc1ccccc1NC(=O)C1=C(C)NC(C)=C(C(=O)Nc2ccccc2OC)C1c1ccc(OC)c(OC)c1. The number of nitrogens with one attached hydrogen (secondary N) is 3. The van der Waals surface area contributed by atoms with E-state index >= 15 is 0 Å². The Morgan fingerprint density at radius 2 is 1.07 bits per heavy atom. The maximum absolute atomic E-state index is 13.9. The van der Waals surface area contributed by atoms with Crippen LogP contribution in [0, 0.1) is 0 Å². The number of methoxy groups -OCH3 is 4. The van der Waals surface area contributed by atoms with Gasteiger partial charge in [0, 0.05) is 28.5 Å². The van der Waals surface area contributed by atoms with E-state index in [1.807, 2.05) is 32.0 Å². The number of anilines is 2. The van der Waals surface area contributed by atoms with E-state index in [1.54, 1.807) is 55.6 Å². The van der Waals surface area contributed by atoms with E-state index in [9.17, 15) is 9.59 Å². The summed E-state index contributed by atoms with van der Waals surface area (Å²) < 4.78 is 21.8. The molecule has 3 N–H and O–H groups in total. The van der Waals surface area contributed by atoms with Crippen LogP contribution in [-0.4, -0.2) is 40.3 Å². The Labute approximate surface area is 233 Å². The molecular weight excluding hydrogens is 510 g/mol. The topological polar surface area (TPSA) is 107 Å². The van der Waals surface area contributed by atoms with Gasteiger partial charge in [0.15, 0.2) is 11.5 Å². The summed E-state index contributed by atoms with van der Waals surface area (Å²) in [6, 6.07) is 19.6. The smallest absolute Gasteiger partial charge is 0.254 e. The van der Waals surface area contributed by atoms with Crippen molar-refractivity contribution in [2.75, 3.05) is 39.1 Å². The van der Waals surface area contributed by atoms with Gasteiger partial charge in [0.2, 0.25) is 0 Å². The van der Waals surface area contributed by atoms with Crippen LogP contribution in [0.3, 0.4) is 0 Å². The molecule has 0 saturated carbocycles. The van der Waals surface area contributed by atoms with E-state index in [4.69, 9.17) is 18.9 Å². The number of hydrogen-bond donors (Lipinski definition) is 3. The number of hydrogen-bond acceptors (Lipinski definition) is 7. The zero-order valence-electron chi connectivity index (χ0n) is 23.4. The van der Waals surface area contributed by atoms with Crippen molar-refractivity contribution in [2.24, 2.45) is 0 Å². The Bertz CT molecular complexity index is 1410. The third-order valence-corrected chi connectivity index (χ3v) is 6.70. The Morgan fingerprint density at radius 1 is 0.625 bits per heavy atom. The molecule has 3 aromatic carbocycles. The second-order valence-corrected chi connectivity index (χ2v) is 9.06. The van der Waals surface area contributed by atoms with E-state index in [2.05, 4.69) is 16.0 Å². The normalized spacial score (nSPS) is 13.3. The minimum Gasteiger partial charge on any atom is -0.495 e. The summed E-state index contributed by atoms with van der Waals surface area (Å²) in [6.07, 6.45) is 0. The van der Waals surface area contributed by atoms with Gasteiger partial charge in [0.05, 0.1) is 39.8 Å². The van der Waals surface area contributed by atoms with Crippen molar-refractivity contribution in [3.63, 3.8) is 0 Å². The molecule has 0 aliphatic carbocycles. The van der Waals surface area contributed by atoms with Gasteiger partial charge in [-0.05, 0) is 55.8 Å². The summed E-state index contributed by atoms with van der Waals surface area (Å²) >= 11 is 0. The fourth-order valence-corrected chi connectivity index (χ4v) is 4.84. The Balaban J connectivity index is 1.83. The van der Waals surface area contributed by atoms with E-state index in [-0.39, 0.29) is 11.8 Å². The van der Waals surface area contributed by atoms with Crippen molar-refractivity contribution in [3.05, 3.63) is 94.8 Å². The number of rotatable bonds is 9. The molecule has 2 amide bonds. The molecule has 0 unspecified atom stereocenters. The number of carbonyl (C=O) groups is 2. The number of dihydropyridines is 1. The molecule has 1 heterocycles. The zero-order valence-corrected chi connectivity index (χ0v) is 23.4. The lowest BCUT2D eigenvalue weighted by atomic mass is 9.79. The predicted octanol–water partition coefficient (Wildman–Crippen LogP) is 5.23. The van der Waals surface area contributed by atoms with Crippen LogP contribution in [0.15, 0.2) is 89.3 Å². The highest BCUT2D eigenvalue weighted by Gasteiger charge is 2.37. The lowest BCUT2D eigenvalue weighted by Crippen LogP contribution is -2.35. The summed E-state index contributed by atoms with van der Waals surface area (Å²) in [5, 5.41) is 9.17. The van der Waals surface area contributed by atoms with Crippen LogP contribution >= 0.6 is 0 Å². The van der Waals surface area contributed by atoms with Gasteiger partial charge in [0.1, 0.15) is 11.5 Å². The first-order chi connectivity index (χ1) is 19.3. The van der Waals surface area contributed by atoms with Gasteiger partial charge in [-0.25, -0.2) is 0 Å². The highest BCUT2D eigenvalue weighted by Crippen LogP contribution is 2.42. The Kier molecular flexibility index (Phi) is 8.63. The fraction of sp³-hybridized carbons (Fsp3) is 0.226. The largest absolute Gasteiger partial charge is 0.495 e. The lowest BCUT2D eigenvalue weighted by molar-refractivity contribution is -0.113. The second kappa shape index (κ2) is 12.3. The Hall–Kier alpha value is -4.92. The maximum Gasteiger partial charge on any atom is 0.254 e. The molecule has 1 aliphatic rings. The quantitative estimate of drug-likeness (QED) is 0.339. The van der Waals surface area contributed by atoms with E-state index in [0.717, 1.165) is 0 Å². The molecule has 0 spiro atoms. The minimum absolute atomic E-state index is 0.369. The number of para-hydroxylation sites is 4. The minimum atomic E-state index is -0.745. The highest BCUT2D eigenvalue weighted by atomic mass is 16.5. The average molecular weight is 544 g/mol. The van der Waals surface area contributed by atoms with Crippen molar-refractivity contribution >= 4 is 23.2 Å². The molecule has 9 nitrogen and oxygen atoms in total. The van der Waals surface area contributed by atoms with Gasteiger partial charge in [-0.1, -0.05) is 30.3 Å². The molecule has 9 heteroatoms. The van der Waals surface area contributed by atoms with Crippen LogP contribution in [0.2, 0.25) is 0 Å². The van der Waals surface area contributed by atoms with Crippen molar-refractivity contribution in [1.29, 1.82) is 0 Å². The van der Waals surface area contributed by atoms with Gasteiger partial charge in [-0.2, -0.15) is 0 Å². The van der Waals surface area contributed by atoms with Gasteiger partial charge < -0.3 is 34.9 Å². The summed E-state index contributed by atoms with van der Waals surface area (Å²) in [7, 11) is 6.16. The molecule has 0 aromatic heterocycles. The average Bonchev–Trinajstić information content (AvgIpc) is 2.96. The third-order valence-electron chi connectivity index (χ3n) is 6.70. The van der Waals surface area contributed by atoms with Crippen LogP contribution in [-0.2, 0) is 9.59 Å². The molecule has 0 radical (unpaired) electrons. The highest BCUT2D eigenvalue weighted by molar-refractivity contribution is 6.12. The molecule has 3 aromatic rings. The number of allylic oxidation sites excluding steroid dienone is 2. The van der Waals surface area contributed by atoms with Gasteiger partial charge in [-0.3, -0.25) is 9.59 Å². The van der Waals surface area contributed by atoms with Crippen LogP contribution < -0.4 is 34.9 Å². The molecule has 4 rings (SSSR count). The lowest BCUT2D eigenvalue weighted by Gasteiger charge is -2.32. The summed E-state index contributed by atoms with van der Waals surface area (Å²) in [5.74, 6) is 0.520. The first-order valence-corrected chi connectivity index (χ1v) is 12.6. The van der Waals surface area contributed by atoms with Crippen molar-refractivity contribution < 1.29 is 28.5 Å². The molecule has 1 aliphatic heterocycles. The van der Waals surface area contributed by atoms with Crippen molar-refractivity contribution in [1.82, 2.24) is 5.32 Å². The third kappa shape index (κ3) is 5.58. The zero-order chi connectivity index (χ0) is 28.8. The van der Waals surface area contributed by atoms with E-state index in [1.165, 1.54) is 21.3 Å². The number of benzene rings is 3. The molecule has 40 heavy (non-hydrogen) atoms. The first kappa shape index (κ1) is 28.1. The van der Waals surface area contributed by atoms with Gasteiger partial charge in [0.25, 0.3) is 11.8 Å². The second-order valence-electron chi connectivity index (χ2n) is 9.06. The van der Waals surface area contributed by atoms with Gasteiger partial charge >= 0.3 is 0 Å². The summed E-state index contributed by atoms with van der Waals surface area (Å²) in [4.78, 5) is 27.9. The standard InChI is InChI=1S/C31H33N3O6/c1-18-27(30(35)33-21-11-7-9-13-23(21)37-3)29(20-15-16-25(39-5)26(17-20)40-6)28(19(2)32-18)31(36)34-22-12-8-10-14-24(22)38-4/h7-17,29,32H,1-6H3,(H,33,35)(H,34,36). The van der Waals surface area contributed by atoms with E-state index < -0.39 is 5.92 Å². The fourth-order valence-electron chi connectivity index (χ4n) is 4.84. The van der Waals surface area contributed by atoms with Crippen LogP contribution in [0.5, 0.6) is 23.0 Å². The monoisotopic (exact) mass is 543 g/mol. The number of carbonyl (C=O) groups excluding carboxylic acids is 2. The van der Waals surface area contributed by atoms with Crippen LogP contribution in [0.25, 0.3) is 0 Å². The van der Waals surface area contributed by atoms with Crippen LogP contribution in [0.4, 0.5) is 11.4 Å². The molecule has 0 saturated heterocycles. The first-order valence-electron chi connectivity index (χ1n) is 12.6. The maximum atomic E-state index is 13.9. The Morgan fingerprint density at radius 3 is 1.52 bits per heavy atom. The molecular formula is C31H33N3O6. The molecule has 0 fully saturated rings.